The number of hydrogen-bond donors (Lipinski definition) is 1. The Labute approximate surface area is 221 Å². The second kappa shape index (κ2) is 10.3. The highest BCUT2D eigenvalue weighted by atomic mass is 19.4. The maximum absolute atomic E-state index is 14.7. The van der Waals surface area contributed by atoms with Crippen LogP contribution in [0.4, 0.5) is 30.7 Å². The Balaban J connectivity index is 1.63. The number of nitrogens with zero attached hydrogens (tertiary/aromatic N) is 3. The average Bonchev–Trinajstić information content (AvgIpc) is 3.55. The van der Waals surface area contributed by atoms with Crippen LogP contribution < -0.4 is 0 Å². The Hall–Kier alpha value is -4.39. The molecule has 3 heterocycles. The van der Waals surface area contributed by atoms with Crippen molar-refractivity contribution in [3.8, 4) is 11.1 Å². The fourth-order valence-electron chi connectivity index (χ4n) is 4.29. The molecular weight excluding hydrogens is 547 g/mol. The number of furan rings is 1. The topological polar surface area (TPSA) is 71.1 Å². The maximum Gasteiger partial charge on any atom is 0.416 e. The van der Waals surface area contributed by atoms with Crippen LogP contribution in [-0.4, -0.2) is 20.8 Å². The summed E-state index contributed by atoms with van der Waals surface area (Å²) in [5.74, 6) is -0.456. The largest absolute Gasteiger partial charge is 0.455 e. The molecule has 0 amide bonds. The molecule has 0 saturated heterocycles. The van der Waals surface area contributed by atoms with Crippen molar-refractivity contribution in [3.05, 3.63) is 113 Å². The highest BCUT2D eigenvalue weighted by Crippen LogP contribution is 2.41. The van der Waals surface area contributed by atoms with E-state index in [1.54, 1.807) is 6.07 Å². The van der Waals surface area contributed by atoms with E-state index in [4.69, 9.17) is 9.25 Å². The van der Waals surface area contributed by atoms with Crippen molar-refractivity contribution in [2.24, 2.45) is 5.16 Å². The second-order valence-corrected chi connectivity index (χ2v) is 8.78. The number of alkyl halides is 6. The van der Waals surface area contributed by atoms with Crippen LogP contribution in [0.5, 0.6) is 0 Å². The molecule has 0 bridgehead atoms. The monoisotopic (exact) mass is 565 g/mol. The summed E-state index contributed by atoms with van der Waals surface area (Å²) in [4.78, 5) is 10.7. The summed E-state index contributed by atoms with van der Waals surface area (Å²) >= 11 is 0. The van der Waals surface area contributed by atoms with E-state index in [0.29, 0.717) is 23.3 Å². The molecule has 0 fully saturated rings. The predicted octanol–water partition coefficient (Wildman–Crippen LogP) is 6.90. The minimum absolute atomic E-state index is 0.0159. The van der Waals surface area contributed by atoms with Gasteiger partial charge in [0.1, 0.15) is 18.2 Å². The van der Waals surface area contributed by atoms with Gasteiger partial charge >= 0.3 is 12.4 Å². The fraction of sp³-hybridized carbons (Fsp3) is 0.185. The summed E-state index contributed by atoms with van der Waals surface area (Å²) < 4.78 is 102. The molecule has 13 heteroatoms. The molecule has 2 aromatic heterocycles. The number of amidine groups is 1. The number of hydrogen-bond acceptors (Lipinski definition) is 6. The lowest BCUT2D eigenvalue weighted by atomic mass is 9.99. The van der Waals surface area contributed by atoms with Crippen molar-refractivity contribution in [3.63, 3.8) is 0 Å². The van der Waals surface area contributed by atoms with E-state index in [1.165, 1.54) is 53.7 Å². The minimum atomic E-state index is -5.08. The molecule has 2 aromatic carbocycles. The molecular formula is C27H18F7N3O3. The number of benzene rings is 2. The van der Waals surface area contributed by atoms with Gasteiger partial charge in [-0.2, -0.15) is 26.3 Å². The van der Waals surface area contributed by atoms with Crippen molar-refractivity contribution in [2.75, 3.05) is 0 Å². The van der Waals surface area contributed by atoms with Gasteiger partial charge in [-0.3, -0.25) is 4.98 Å². The van der Waals surface area contributed by atoms with E-state index >= 15 is 0 Å². The van der Waals surface area contributed by atoms with Crippen LogP contribution >= 0.6 is 0 Å². The molecule has 0 spiro atoms. The van der Waals surface area contributed by atoms with Gasteiger partial charge in [-0.15, -0.1) is 0 Å². The lowest BCUT2D eigenvalue weighted by Crippen LogP contribution is -2.31. The lowest BCUT2D eigenvalue weighted by molar-refractivity contribution is -0.143. The number of oxime groups is 1. The highest BCUT2D eigenvalue weighted by molar-refractivity contribution is 5.97. The van der Waals surface area contributed by atoms with Crippen LogP contribution in [0.25, 0.3) is 11.1 Å². The van der Waals surface area contributed by atoms with Crippen molar-refractivity contribution in [1.82, 2.24) is 9.88 Å². The van der Waals surface area contributed by atoms with Crippen LogP contribution in [0.15, 0.2) is 82.6 Å². The van der Waals surface area contributed by atoms with Gasteiger partial charge in [-0.05, 0) is 53.6 Å². The lowest BCUT2D eigenvalue weighted by Gasteiger charge is -2.27. The molecule has 40 heavy (non-hydrogen) atoms. The van der Waals surface area contributed by atoms with Gasteiger partial charge in [0.2, 0.25) is 12.1 Å². The van der Waals surface area contributed by atoms with Crippen LogP contribution in [-0.2, 0) is 30.3 Å². The highest BCUT2D eigenvalue weighted by Gasteiger charge is 2.41. The molecule has 1 unspecified atom stereocenters. The Morgan fingerprint density at radius 1 is 0.875 bits per heavy atom. The fourth-order valence-corrected chi connectivity index (χ4v) is 4.29. The molecule has 6 nitrogen and oxygen atoms in total. The zero-order valence-corrected chi connectivity index (χ0v) is 20.2. The SMILES string of the molecule is OCc1ccc(C2=NOC(c3cc(C(F)(F)F)cc(C(F)(F)F)c3)N2Cc2cnccc2-c2ccccc2F)o1. The quantitative estimate of drug-likeness (QED) is 0.258. The van der Waals surface area contributed by atoms with E-state index in [9.17, 15) is 35.8 Å². The third kappa shape index (κ3) is 5.37. The van der Waals surface area contributed by atoms with Gasteiger partial charge in [-0.1, -0.05) is 23.4 Å². The van der Waals surface area contributed by atoms with E-state index in [1.807, 2.05) is 0 Å². The van der Waals surface area contributed by atoms with Crippen molar-refractivity contribution in [1.29, 1.82) is 0 Å². The number of aliphatic hydroxyl groups is 1. The summed E-state index contributed by atoms with van der Waals surface area (Å²) in [6.07, 6.45) is -8.91. The van der Waals surface area contributed by atoms with Crippen LogP contribution in [0.1, 0.15) is 40.0 Å². The molecule has 0 saturated carbocycles. The van der Waals surface area contributed by atoms with Crippen molar-refractivity contribution in [2.45, 2.75) is 31.7 Å². The van der Waals surface area contributed by atoms with Crippen molar-refractivity contribution >= 4 is 5.84 Å². The van der Waals surface area contributed by atoms with E-state index in [0.717, 1.165) is 0 Å². The summed E-state index contributed by atoms with van der Waals surface area (Å²) in [5.41, 5.74) is -2.58. The number of rotatable bonds is 6. The Kier molecular flexibility index (Phi) is 7.00. The van der Waals surface area contributed by atoms with Gasteiger partial charge in [0.25, 0.3) is 0 Å². The van der Waals surface area contributed by atoms with E-state index in [-0.39, 0.29) is 35.5 Å². The molecule has 1 N–H and O–H groups in total. The average molecular weight is 565 g/mol. The summed E-state index contributed by atoms with van der Waals surface area (Å²) in [6, 6.07) is 11.3. The van der Waals surface area contributed by atoms with E-state index in [2.05, 4.69) is 10.1 Å². The van der Waals surface area contributed by atoms with Gasteiger partial charge in [-0.25, -0.2) is 4.39 Å². The molecule has 1 atom stereocenters. The van der Waals surface area contributed by atoms with Gasteiger partial charge in [0.15, 0.2) is 5.76 Å². The summed E-state index contributed by atoms with van der Waals surface area (Å²) in [6.45, 7) is -0.700. The first-order valence-electron chi connectivity index (χ1n) is 11.6. The summed E-state index contributed by atoms with van der Waals surface area (Å²) in [7, 11) is 0. The van der Waals surface area contributed by atoms with Gasteiger partial charge in [0, 0.05) is 23.5 Å². The third-order valence-electron chi connectivity index (χ3n) is 6.14. The first kappa shape index (κ1) is 27.2. The standard InChI is InChI=1S/C27H18F7N3O3/c28-22-4-2-1-3-21(22)20-7-8-35-12-16(20)13-37-24(23-6-5-19(14-38)39-23)36-40-25(37)15-9-17(26(29,30)31)11-18(10-15)27(32,33)34/h1-12,25,38H,13-14H2. The Morgan fingerprint density at radius 2 is 1.57 bits per heavy atom. The molecule has 208 valence electrons. The predicted molar refractivity (Wildman–Crippen MR) is 127 cm³/mol. The molecule has 5 rings (SSSR count). The zero-order chi connectivity index (χ0) is 28.7. The van der Waals surface area contributed by atoms with E-state index < -0.39 is 47.7 Å². The zero-order valence-electron chi connectivity index (χ0n) is 20.2. The molecule has 4 aromatic rings. The molecule has 1 aliphatic heterocycles. The van der Waals surface area contributed by atoms with Crippen LogP contribution in [0, 0.1) is 5.82 Å². The van der Waals surface area contributed by atoms with Crippen LogP contribution in [0.2, 0.25) is 0 Å². The normalized spacial score (nSPS) is 15.8. The Bertz CT molecular complexity index is 1530. The maximum atomic E-state index is 14.7. The minimum Gasteiger partial charge on any atom is -0.455 e. The molecule has 0 radical (unpaired) electrons. The Morgan fingerprint density at radius 3 is 2.20 bits per heavy atom. The smallest absolute Gasteiger partial charge is 0.416 e. The number of pyridine rings is 1. The summed E-state index contributed by atoms with van der Waals surface area (Å²) in [5, 5.41) is 13.3. The number of aliphatic hydroxyl groups excluding tert-OH is 1. The van der Waals surface area contributed by atoms with Gasteiger partial charge in [0.05, 0.1) is 17.7 Å². The molecule has 0 aliphatic carbocycles. The first-order chi connectivity index (χ1) is 19.0. The van der Waals surface area contributed by atoms with Gasteiger partial charge < -0.3 is 19.3 Å². The second-order valence-electron chi connectivity index (χ2n) is 8.78. The molecule has 1 aliphatic rings. The number of halogens is 7. The van der Waals surface area contributed by atoms with Crippen LogP contribution in [0.3, 0.4) is 0 Å². The number of aromatic nitrogens is 1. The first-order valence-corrected chi connectivity index (χ1v) is 11.6. The third-order valence-corrected chi connectivity index (χ3v) is 6.14. The van der Waals surface area contributed by atoms with Crippen molar-refractivity contribution < 1.29 is 45.1 Å².